The molecule has 0 unspecified atom stereocenters. The predicted octanol–water partition coefficient (Wildman–Crippen LogP) is -0.569. The van der Waals surface area contributed by atoms with Gasteiger partial charge in [-0.1, -0.05) is 30.3 Å². The van der Waals surface area contributed by atoms with E-state index < -0.39 is 5.91 Å². The van der Waals surface area contributed by atoms with E-state index in [1.165, 1.54) is 5.56 Å². The Bertz CT molecular complexity index is 538. The molecule has 21 heavy (non-hydrogen) atoms. The van der Waals surface area contributed by atoms with Crippen molar-refractivity contribution in [2.45, 2.75) is 18.3 Å². The molecule has 2 heterocycles. The molecule has 0 aliphatic carbocycles. The van der Waals surface area contributed by atoms with E-state index in [9.17, 15) is 4.79 Å². The van der Waals surface area contributed by atoms with Gasteiger partial charge in [0.25, 0.3) is 0 Å². The molecule has 3 rings (SSSR count). The molecule has 112 valence electrons. The van der Waals surface area contributed by atoms with Crippen molar-refractivity contribution < 1.29 is 4.79 Å². The van der Waals surface area contributed by atoms with Crippen LogP contribution in [0.2, 0.25) is 0 Å². The Labute approximate surface area is 123 Å². The number of rotatable bonds is 4. The fraction of sp³-hybridized carbons (Fsp3) is 0.429. The van der Waals surface area contributed by atoms with Crippen LogP contribution in [-0.4, -0.2) is 36.4 Å². The molecule has 2 aliphatic rings. The van der Waals surface area contributed by atoms with E-state index in [1.807, 2.05) is 18.2 Å². The van der Waals surface area contributed by atoms with Crippen LogP contribution in [0.5, 0.6) is 0 Å². The van der Waals surface area contributed by atoms with E-state index in [0.717, 1.165) is 31.8 Å². The van der Waals surface area contributed by atoms with E-state index in [4.69, 9.17) is 5.73 Å². The van der Waals surface area contributed by atoms with Gasteiger partial charge in [-0.05, 0) is 31.5 Å². The van der Waals surface area contributed by atoms with Crippen LogP contribution in [-0.2, 0) is 10.2 Å². The molecule has 2 aliphatic heterocycles. The van der Waals surface area contributed by atoms with Crippen molar-refractivity contribution in [3.05, 3.63) is 35.9 Å². The standard InChI is InChI=1S/C14H20N6O/c15-12(21)10-20-13(17-18-19-20)14(6-8-16-9-7-14)11-4-2-1-3-5-11/h1-5,16,18-19H,6-10H2,(H2,15,21). The van der Waals surface area contributed by atoms with Gasteiger partial charge in [0.15, 0.2) is 5.84 Å². The molecular formula is C14H20N6O. The first-order chi connectivity index (χ1) is 10.2. The lowest BCUT2D eigenvalue weighted by molar-refractivity contribution is -0.118. The predicted molar refractivity (Wildman–Crippen MR) is 79.8 cm³/mol. The Morgan fingerprint density at radius 3 is 2.67 bits per heavy atom. The van der Waals surface area contributed by atoms with Gasteiger partial charge in [0, 0.05) is 0 Å². The molecule has 1 aromatic carbocycles. The molecule has 7 nitrogen and oxygen atoms in total. The summed E-state index contributed by atoms with van der Waals surface area (Å²) in [5, 5.41) is 9.48. The molecular weight excluding hydrogens is 268 g/mol. The summed E-state index contributed by atoms with van der Waals surface area (Å²) in [5.41, 5.74) is 12.0. The summed E-state index contributed by atoms with van der Waals surface area (Å²) in [6, 6.07) is 10.3. The van der Waals surface area contributed by atoms with Crippen molar-refractivity contribution in [1.29, 1.82) is 0 Å². The number of amides is 1. The van der Waals surface area contributed by atoms with Gasteiger partial charge in [0.2, 0.25) is 5.91 Å². The van der Waals surface area contributed by atoms with Gasteiger partial charge in [0.05, 0.1) is 5.41 Å². The fourth-order valence-corrected chi connectivity index (χ4v) is 3.14. The topological polar surface area (TPSA) is 94.8 Å². The van der Waals surface area contributed by atoms with Crippen molar-refractivity contribution in [2.24, 2.45) is 10.8 Å². The van der Waals surface area contributed by atoms with Crippen LogP contribution in [0.25, 0.3) is 0 Å². The number of hydrogen-bond donors (Lipinski definition) is 4. The number of nitrogens with zero attached hydrogens (tertiary/aromatic N) is 2. The number of amidine groups is 1. The highest BCUT2D eigenvalue weighted by atomic mass is 16.1. The highest BCUT2D eigenvalue weighted by Crippen LogP contribution is 2.36. The Balaban J connectivity index is 1.98. The quantitative estimate of drug-likeness (QED) is 0.595. The molecule has 0 atom stereocenters. The minimum absolute atomic E-state index is 0.0911. The van der Waals surface area contributed by atoms with Gasteiger partial charge in [-0.15, -0.1) is 10.6 Å². The summed E-state index contributed by atoms with van der Waals surface area (Å²) in [6.45, 7) is 1.92. The molecule has 1 amide bonds. The molecule has 7 heteroatoms. The van der Waals surface area contributed by atoms with E-state index >= 15 is 0 Å². The Morgan fingerprint density at radius 2 is 2.00 bits per heavy atom. The lowest BCUT2D eigenvalue weighted by Crippen LogP contribution is -2.55. The van der Waals surface area contributed by atoms with Gasteiger partial charge in [0.1, 0.15) is 6.54 Å². The number of nitrogens with one attached hydrogen (secondary N) is 3. The zero-order valence-corrected chi connectivity index (χ0v) is 11.8. The maximum Gasteiger partial charge on any atom is 0.238 e. The molecule has 0 bridgehead atoms. The third kappa shape index (κ3) is 2.57. The van der Waals surface area contributed by atoms with Gasteiger partial charge >= 0.3 is 0 Å². The number of hydrazine groups is 2. The maximum absolute atomic E-state index is 11.3. The molecule has 1 aromatic rings. The number of primary amides is 1. The van der Waals surface area contributed by atoms with Crippen molar-refractivity contribution >= 4 is 11.7 Å². The average Bonchev–Trinajstić information content (AvgIpc) is 2.97. The van der Waals surface area contributed by atoms with Crippen molar-refractivity contribution in [1.82, 2.24) is 21.4 Å². The van der Waals surface area contributed by atoms with Crippen molar-refractivity contribution in [2.75, 3.05) is 19.6 Å². The molecule has 1 fully saturated rings. The van der Waals surface area contributed by atoms with Gasteiger partial charge < -0.3 is 11.1 Å². The molecule has 5 N–H and O–H groups in total. The maximum atomic E-state index is 11.3. The minimum Gasteiger partial charge on any atom is -0.368 e. The number of hydrogen-bond acceptors (Lipinski definition) is 6. The molecule has 1 saturated heterocycles. The van der Waals surface area contributed by atoms with Crippen LogP contribution in [0, 0.1) is 0 Å². The first-order valence-electron chi connectivity index (χ1n) is 7.13. The van der Waals surface area contributed by atoms with E-state index in [2.05, 4.69) is 33.6 Å². The third-order valence-electron chi connectivity index (χ3n) is 4.13. The lowest BCUT2D eigenvalue weighted by Gasteiger charge is -2.40. The highest BCUT2D eigenvalue weighted by molar-refractivity contribution is 5.95. The third-order valence-corrected chi connectivity index (χ3v) is 4.13. The number of carbonyl (C=O) groups excluding carboxylic acids is 1. The second-order valence-corrected chi connectivity index (χ2v) is 5.41. The van der Waals surface area contributed by atoms with E-state index in [1.54, 1.807) is 5.01 Å². The smallest absolute Gasteiger partial charge is 0.238 e. The normalized spacial score (nSPS) is 20.8. The zero-order chi connectivity index (χ0) is 14.7. The Morgan fingerprint density at radius 1 is 1.29 bits per heavy atom. The molecule has 0 aromatic heterocycles. The Hall–Kier alpha value is -2.12. The van der Waals surface area contributed by atoms with Crippen LogP contribution in [0.4, 0.5) is 0 Å². The number of benzene rings is 1. The highest BCUT2D eigenvalue weighted by Gasteiger charge is 2.43. The van der Waals surface area contributed by atoms with Gasteiger partial charge in [-0.25, -0.2) is 5.53 Å². The largest absolute Gasteiger partial charge is 0.368 e. The summed E-state index contributed by atoms with van der Waals surface area (Å²) >= 11 is 0. The fourth-order valence-electron chi connectivity index (χ4n) is 3.14. The van der Waals surface area contributed by atoms with Gasteiger partial charge in [-0.2, -0.15) is 0 Å². The second-order valence-electron chi connectivity index (χ2n) is 5.41. The Kier molecular flexibility index (Phi) is 3.76. The number of carbonyl (C=O) groups is 1. The van der Waals surface area contributed by atoms with E-state index in [-0.39, 0.29) is 12.0 Å². The van der Waals surface area contributed by atoms with Crippen LogP contribution < -0.4 is 22.1 Å². The van der Waals surface area contributed by atoms with Gasteiger partial charge in [-0.3, -0.25) is 9.80 Å². The lowest BCUT2D eigenvalue weighted by atomic mass is 9.72. The summed E-state index contributed by atoms with van der Waals surface area (Å²) in [5.74, 6) is 0.435. The molecule has 0 radical (unpaired) electrons. The molecule has 0 saturated carbocycles. The zero-order valence-electron chi connectivity index (χ0n) is 11.8. The second kappa shape index (κ2) is 5.71. The van der Waals surface area contributed by atoms with Crippen LogP contribution in [0.15, 0.2) is 35.4 Å². The SMILES string of the molecule is NC(=O)CN1NNN=C1C1(c2ccccc2)CCNCC1. The first kappa shape index (κ1) is 13.8. The number of piperidine rings is 1. The van der Waals surface area contributed by atoms with Crippen LogP contribution in [0.3, 0.4) is 0 Å². The monoisotopic (exact) mass is 288 g/mol. The summed E-state index contributed by atoms with van der Waals surface area (Å²) in [4.78, 5) is 11.3. The van der Waals surface area contributed by atoms with E-state index in [0.29, 0.717) is 0 Å². The average molecular weight is 288 g/mol. The number of hydrazone groups is 1. The summed E-state index contributed by atoms with van der Waals surface area (Å²) in [7, 11) is 0. The summed E-state index contributed by atoms with van der Waals surface area (Å²) in [6.07, 6.45) is 1.85. The van der Waals surface area contributed by atoms with Crippen LogP contribution in [0.1, 0.15) is 18.4 Å². The number of nitrogens with two attached hydrogens (primary N) is 1. The van der Waals surface area contributed by atoms with Crippen LogP contribution >= 0.6 is 0 Å². The summed E-state index contributed by atoms with van der Waals surface area (Å²) < 4.78 is 0. The van der Waals surface area contributed by atoms with Crippen molar-refractivity contribution in [3.8, 4) is 0 Å². The minimum atomic E-state index is -0.393. The first-order valence-corrected chi connectivity index (χ1v) is 7.13. The molecule has 0 spiro atoms. The van der Waals surface area contributed by atoms with Crippen molar-refractivity contribution in [3.63, 3.8) is 0 Å².